The van der Waals surface area contributed by atoms with Crippen LogP contribution in [0.3, 0.4) is 0 Å². The predicted octanol–water partition coefficient (Wildman–Crippen LogP) is 5.07. The SMILES string of the molecule is CC(=O)N(c1ccc(C)c(C)c1)c1nc(COc2cc(F)ccc2[N+](=O)[O-])cs1. The average molecular weight is 415 g/mol. The average Bonchev–Trinajstić information content (AvgIpc) is 3.11. The zero-order chi connectivity index (χ0) is 21.1. The topological polar surface area (TPSA) is 85.6 Å². The summed E-state index contributed by atoms with van der Waals surface area (Å²) in [5.74, 6) is -1.01. The number of aryl methyl sites for hydroxylation is 2. The Morgan fingerprint density at radius 2 is 2.00 bits per heavy atom. The van der Waals surface area contributed by atoms with E-state index in [1.807, 2.05) is 32.0 Å². The standard InChI is InChI=1S/C20H18FN3O4S/c1-12-4-6-17(8-13(12)2)23(14(3)25)20-22-16(11-29-20)10-28-19-9-15(21)5-7-18(19)24(26)27/h4-9,11H,10H2,1-3H3. The first-order valence-electron chi connectivity index (χ1n) is 8.65. The zero-order valence-corrected chi connectivity index (χ0v) is 16.8. The number of nitro benzene ring substituents is 1. The molecule has 150 valence electrons. The van der Waals surface area contributed by atoms with Crippen LogP contribution in [-0.2, 0) is 11.4 Å². The van der Waals surface area contributed by atoms with Gasteiger partial charge in [-0.3, -0.25) is 19.8 Å². The molecule has 0 bridgehead atoms. The number of carbonyl (C=O) groups excluding carboxylic acids is 1. The highest BCUT2D eigenvalue weighted by molar-refractivity contribution is 7.14. The Bertz CT molecular complexity index is 1080. The van der Waals surface area contributed by atoms with Gasteiger partial charge >= 0.3 is 5.69 Å². The van der Waals surface area contributed by atoms with Crippen LogP contribution < -0.4 is 9.64 Å². The van der Waals surface area contributed by atoms with Gasteiger partial charge in [-0.2, -0.15) is 0 Å². The molecule has 0 aliphatic heterocycles. The second-order valence-corrected chi connectivity index (χ2v) is 7.24. The molecular weight excluding hydrogens is 397 g/mol. The van der Waals surface area contributed by atoms with Crippen LogP contribution in [0.5, 0.6) is 5.75 Å². The van der Waals surface area contributed by atoms with Gasteiger partial charge < -0.3 is 4.74 Å². The summed E-state index contributed by atoms with van der Waals surface area (Å²) < 4.78 is 18.8. The zero-order valence-electron chi connectivity index (χ0n) is 16.0. The van der Waals surface area contributed by atoms with Crippen LogP contribution in [-0.4, -0.2) is 15.8 Å². The van der Waals surface area contributed by atoms with Gasteiger partial charge in [0.05, 0.1) is 16.3 Å². The maximum atomic E-state index is 13.4. The predicted molar refractivity (Wildman–Crippen MR) is 108 cm³/mol. The van der Waals surface area contributed by atoms with Gasteiger partial charge in [-0.05, 0) is 43.2 Å². The first-order valence-corrected chi connectivity index (χ1v) is 9.53. The molecule has 29 heavy (non-hydrogen) atoms. The summed E-state index contributed by atoms with van der Waals surface area (Å²) in [7, 11) is 0. The summed E-state index contributed by atoms with van der Waals surface area (Å²) in [6, 6.07) is 8.69. The monoisotopic (exact) mass is 415 g/mol. The van der Waals surface area contributed by atoms with Crippen LogP contribution >= 0.6 is 11.3 Å². The molecule has 0 N–H and O–H groups in total. The maximum absolute atomic E-state index is 13.4. The third-order valence-corrected chi connectivity index (χ3v) is 5.16. The number of halogens is 1. The van der Waals surface area contributed by atoms with Crippen molar-refractivity contribution in [1.29, 1.82) is 0 Å². The summed E-state index contributed by atoms with van der Waals surface area (Å²) in [5.41, 5.74) is 3.00. The lowest BCUT2D eigenvalue weighted by Gasteiger charge is -2.19. The lowest BCUT2D eigenvalue weighted by atomic mass is 10.1. The van der Waals surface area contributed by atoms with Crippen LogP contribution in [0.25, 0.3) is 0 Å². The number of aromatic nitrogens is 1. The quantitative estimate of drug-likeness (QED) is 0.414. The first kappa shape index (κ1) is 20.4. The molecule has 0 fully saturated rings. The molecule has 0 saturated heterocycles. The molecule has 0 aliphatic rings. The van der Waals surface area contributed by atoms with E-state index in [9.17, 15) is 19.3 Å². The van der Waals surface area contributed by atoms with Crippen molar-refractivity contribution < 1.29 is 18.8 Å². The third kappa shape index (κ3) is 4.57. The minimum atomic E-state index is -0.640. The molecule has 0 aliphatic carbocycles. The van der Waals surface area contributed by atoms with Gasteiger partial charge in [0.25, 0.3) is 0 Å². The molecule has 3 aromatic rings. The Hall–Kier alpha value is -3.33. The summed E-state index contributed by atoms with van der Waals surface area (Å²) in [4.78, 5) is 28.6. The van der Waals surface area contributed by atoms with E-state index in [2.05, 4.69) is 4.98 Å². The van der Waals surface area contributed by atoms with Gasteiger partial charge in [0.1, 0.15) is 12.4 Å². The number of thiazole rings is 1. The van der Waals surface area contributed by atoms with E-state index in [0.717, 1.165) is 29.3 Å². The molecule has 1 amide bonds. The number of hydrogen-bond donors (Lipinski definition) is 0. The molecule has 0 unspecified atom stereocenters. The summed E-state index contributed by atoms with van der Waals surface area (Å²) in [6.45, 7) is 5.30. The van der Waals surface area contributed by atoms with Gasteiger partial charge in [0.2, 0.25) is 5.91 Å². The Kier molecular flexibility index (Phi) is 5.88. The lowest BCUT2D eigenvalue weighted by molar-refractivity contribution is -0.386. The highest BCUT2D eigenvalue weighted by atomic mass is 32.1. The van der Waals surface area contributed by atoms with Crippen molar-refractivity contribution in [1.82, 2.24) is 4.98 Å². The van der Waals surface area contributed by atoms with E-state index in [-0.39, 0.29) is 24.0 Å². The van der Waals surface area contributed by atoms with Crippen molar-refractivity contribution in [3.63, 3.8) is 0 Å². The normalized spacial score (nSPS) is 10.6. The van der Waals surface area contributed by atoms with Crippen LogP contribution in [0.4, 0.5) is 20.9 Å². The summed E-state index contributed by atoms with van der Waals surface area (Å²) >= 11 is 1.25. The number of nitro groups is 1. The number of rotatable bonds is 6. The van der Waals surface area contributed by atoms with Crippen molar-refractivity contribution >= 4 is 33.8 Å². The van der Waals surface area contributed by atoms with Crippen molar-refractivity contribution in [2.45, 2.75) is 27.4 Å². The third-order valence-electron chi connectivity index (χ3n) is 4.29. The minimum Gasteiger partial charge on any atom is -0.480 e. The van der Waals surface area contributed by atoms with Crippen molar-refractivity contribution in [2.75, 3.05) is 4.90 Å². The van der Waals surface area contributed by atoms with Crippen molar-refractivity contribution in [3.8, 4) is 5.75 Å². The fraction of sp³-hybridized carbons (Fsp3) is 0.200. The summed E-state index contributed by atoms with van der Waals surface area (Å²) in [6.07, 6.45) is 0. The van der Waals surface area contributed by atoms with Crippen molar-refractivity contribution in [3.05, 3.63) is 74.5 Å². The van der Waals surface area contributed by atoms with Crippen molar-refractivity contribution in [2.24, 2.45) is 0 Å². The molecule has 2 aromatic carbocycles. The molecule has 9 heteroatoms. The van der Waals surface area contributed by atoms with Gasteiger partial charge in [-0.1, -0.05) is 6.07 Å². The number of amides is 1. The molecule has 0 spiro atoms. The smallest absolute Gasteiger partial charge is 0.311 e. The van der Waals surface area contributed by atoms with E-state index in [0.29, 0.717) is 16.5 Å². The molecule has 0 radical (unpaired) electrons. The Morgan fingerprint density at radius 1 is 1.24 bits per heavy atom. The fourth-order valence-electron chi connectivity index (χ4n) is 2.66. The maximum Gasteiger partial charge on any atom is 0.311 e. The Balaban J connectivity index is 1.82. The number of ether oxygens (including phenoxy) is 1. The molecule has 7 nitrogen and oxygen atoms in total. The number of carbonyl (C=O) groups is 1. The molecule has 1 heterocycles. The van der Waals surface area contributed by atoms with E-state index in [1.165, 1.54) is 23.2 Å². The van der Waals surface area contributed by atoms with Gasteiger partial charge in [-0.25, -0.2) is 9.37 Å². The lowest BCUT2D eigenvalue weighted by Crippen LogP contribution is -2.22. The van der Waals surface area contributed by atoms with E-state index >= 15 is 0 Å². The van der Waals surface area contributed by atoms with Crippen LogP contribution in [0.15, 0.2) is 41.8 Å². The highest BCUT2D eigenvalue weighted by Crippen LogP contribution is 2.32. The van der Waals surface area contributed by atoms with Gasteiger partial charge in [0, 0.05) is 24.4 Å². The van der Waals surface area contributed by atoms with E-state index in [4.69, 9.17) is 4.74 Å². The molecule has 3 rings (SSSR count). The van der Waals surface area contributed by atoms with E-state index in [1.54, 1.807) is 5.38 Å². The number of benzene rings is 2. The minimum absolute atomic E-state index is 0.0978. The second-order valence-electron chi connectivity index (χ2n) is 6.40. The van der Waals surface area contributed by atoms with Gasteiger partial charge in [0.15, 0.2) is 10.9 Å². The second kappa shape index (κ2) is 8.36. The first-order chi connectivity index (χ1) is 13.8. The van der Waals surface area contributed by atoms with Crippen LogP contribution in [0, 0.1) is 29.8 Å². The largest absolute Gasteiger partial charge is 0.480 e. The molecular formula is C20H18FN3O4S. The summed E-state index contributed by atoms with van der Waals surface area (Å²) in [5, 5.41) is 13.2. The van der Waals surface area contributed by atoms with E-state index < -0.39 is 10.7 Å². The van der Waals surface area contributed by atoms with Crippen LogP contribution in [0.1, 0.15) is 23.7 Å². The Morgan fingerprint density at radius 3 is 2.66 bits per heavy atom. The number of nitrogens with zero attached hydrogens (tertiary/aromatic N) is 3. The fourth-order valence-corrected chi connectivity index (χ4v) is 3.53. The Labute approximate surface area is 170 Å². The highest BCUT2D eigenvalue weighted by Gasteiger charge is 2.20. The number of anilines is 2. The van der Waals surface area contributed by atoms with Gasteiger partial charge in [-0.15, -0.1) is 11.3 Å². The van der Waals surface area contributed by atoms with Crippen LogP contribution in [0.2, 0.25) is 0 Å². The molecule has 1 aromatic heterocycles. The number of hydrogen-bond acceptors (Lipinski definition) is 6. The molecule has 0 atom stereocenters. The molecule has 0 saturated carbocycles.